The van der Waals surface area contributed by atoms with Crippen molar-refractivity contribution in [2.24, 2.45) is 11.8 Å². The molecule has 2 aliphatic heterocycles. The molecule has 0 aromatic carbocycles. The molecule has 1 aromatic heterocycles. The van der Waals surface area contributed by atoms with Gasteiger partial charge in [-0.2, -0.15) is 0 Å². The number of aromatic nitrogens is 3. The summed E-state index contributed by atoms with van der Waals surface area (Å²) >= 11 is 0. The normalized spacial score (nSPS) is 32.0. The molecule has 2 N–H and O–H groups in total. The number of aliphatic hydroxyl groups excluding tert-OH is 1. The number of carbonyl (C=O) groups is 2. The zero-order chi connectivity index (χ0) is 19.0. The second kappa shape index (κ2) is 7.52. The van der Waals surface area contributed by atoms with Crippen LogP contribution in [0.4, 0.5) is 0 Å². The largest absolute Gasteiger partial charge is 0.394 e. The highest BCUT2D eigenvalue weighted by Crippen LogP contribution is 2.36. The van der Waals surface area contributed by atoms with Crippen LogP contribution in [0.2, 0.25) is 0 Å². The quantitative estimate of drug-likeness (QED) is 0.743. The molecule has 146 valence electrons. The number of carbonyl (C=O) groups excluding carboxylic acids is 2. The van der Waals surface area contributed by atoms with Gasteiger partial charge in [-0.05, 0) is 25.7 Å². The van der Waals surface area contributed by atoms with E-state index in [-0.39, 0.29) is 24.5 Å². The van der Waals surface area contributed by atoms with Crippen molar-refractivity contribution in [1.82, 2.24) is 20.3 Å². The Bertz CT molecular complexity index is 753. The van der Waals surface area contributed by atoms with E-state index in [1.54, 1.807) is 17.7 Å². The first kappa shape index (κ1) is 18.3. The zero-order valence-electron chi connectivity index (χ0n) is 15.5. The monoisotopic (exact) mass is 374 g/mol. The van der Waals surface area contributed by atoms with Crippen LogP contribution < -0.4 is 5.32 Å². The van der Waals surface area contributed by atoms with Gasteiger partial charge >= 0.3 is 0 Å². The van der Waals surface area contributed by atoms with E-state index in [4.69, 9.17) is 4.74 Å². The minimum absolute atomic E-state index is 0.158. The molecule has 1 aromatic rings. The van der Waals surface area contributed by atoms with Gasteiger partial charge in [-0.3, -0.25) is 14.9 Å². The van der Waals surface area contributed by atoms with Gasteiger partial charge in [-0.25, -0.2) is 4.68 Å². The fraction of sp³-hybridized carbons (Fsp3) is 0.684. The Kier molecular flexibility index (Phi) is 5.10. The third kappa shape index (κ3) is 3.68. The number of hydrogen-bond acceptors (Lipinski definition) is 6. The highest BCUT2D eigenvalue weighted by molar-refractivity contribution is 6.08. The van der Waals surface area contributed by atoms with Crippen molar-refractivity contribution in [1.29, 1.82) is 0 Å². The minimum Gasteiger partial charge on any atom is -0.394 e. The third-order valence-electron chi connectivity index (χ3n) is 6.03. The van der Waals surface area contributed by atoms with Gasteiger partial charge in [0.25, 0.3) is 5.91 Å². The maximum atomic E-state index is 12.2. The first-order chi connectivity index (χ1) is 13.0. The summed E-state index contributed by atoms with van der Waals surface area (Å²) < 4.78 is 7.73. The fourth-order valence-corrected chi connectivity index (χ4v) is 4.50. The summed E-state index contributed by atoms with van der Waals surface area (Å²) in [5.74, 6) is -0.568. The Morgan fingerprint density at radius 1 is 1.33 bits per heavy atom. The van der Waals surface area contributed by atoms with Crippen LogP contribution in [0, 0.1) is 11.8 Å². The number of nitrogens with one attached hydrogen (secondary N) is 1. The smallest absolute Gasteiger partial charge is 0.253 e. The minimum atomic E-state index is -0.539. The van der Waals surface area contributed by atoms with Gasteiger partial charge in [-0.15, -0.1) is 5.10 Å². The van der Waals surface area contributed by atoms with Crippen LogP contribution in [0.3, 0.4) is 0 Å². The molecule has 4 rings (SSSR count). The molecule has 0 spiro atoms. The lowest BCUT2D eigenvalue weighted by Crippen LogP contribution is -2.44. The number of ether oxygens (including phenoxy) is 1. The van der Waals surface area contributed by atoms with Crippen LogP contribution in [0.5, 0.6) is 0 Å². The van der Waals surface area contributed by atoms with E-state index in [9.17, 15) is 14.7 Å². The lowest BCUT2D eigenvalue weighted by atomic mass is 9.92. The average Bonchev–Trinajstić information content (AvgIpc) is 3.38. The van der Waals surface area contributed by atoms with Crippen molar-refractivity contribution in [3.05, 3.63) is 23.5 Å². The summed E-state index contributed by atoms with van der Waals surface area (Å²) in [7, 11) is 0. The van der Waals surface area contributed by atoms with E-state index in [0.717, 1.165) is 12.1 Å². The molecular formula is C19H26N4O4. The lowest BCUT2D eigenvalue weighted by Gasteiger charge is -2.23. The maximum absolute atomic E-state index is 12.2. The Hall–Kier alpha value is -2.06. The molecule has 1 unspecified atom stereocenters. The molecular weight excluding hydrogens is 348 g/mol. The Labute approximate surface area is 158 Å². The third-order valence-corrected chi connectivity index (χ3v) is 6.03. The van der Waals surface area contributed by atoms with E-state index in [1.165, 1.54) is 25.7 Å². The molecule has 1 aliphatic carbocycles. The first-order valence-corrected chi connectivity index (χ1v) is 9.75. The molecule has 2 fully saturated rings. The van der Waals surface area contributed by atoms with Gasteiger partial charge in [0, 0.05) is 11.8 Å². The molecule has 1 saturated carbocycles. The van der Waals surface area contributed by atoms with Crippen molar-refractivity contribution in [2.45, 2.75) is 63.7 Å². The maximum Gasteiger partial charge on any atom is 0.253 e. The Morgan fingerprint density at radius 3 is 2.85 bits per heavy atom. The molecule has 0 bridgehead atoms. The Morgan fingerprint density at radius 2 is 2.11 bits per heavy atom. The van der Waals surface area contributed by atoms with Crippen LogP contribution in [0.1, 0.15) is 50.8 Å². The van der Waals surface area contributed by atoms with Gasteiger partial charge < -0.3 is 9.84 Å². The number of aliphatic hydroxyl groups is 1. The number of hydrogen-bond donors (Lipinski definition) is 2. The van der Waals surface area contributed by atoms with Crippen molar-refractivity contribution < 1.29 is 19.4 Å². The van der Waals surface area contributed by atoms with Gasteiger partial charge in [0.05, 0.1) is 30.4 Å². The molecule has 1 saturated heterocycles. The highest BCUT2D eigenvalue weighted by atomic mass is 16.5. The summed E-state index contributed by atoms with van der Waals surface area (Å²) in [4.78, 5) is 23.8. The molecule has 3 heterocycles. The SMILES string of the molecule is CC1=CC([C@H]2C[C@H](n3cc(CC4CCCC4)nn3)[C@@H](CO)O2)C(=O)NC1=O. The van der Waals surface area contributed by atoms with E-state index >= 15 is 0 Å². The first-order valence-electron chi connectivity index (χ1n) is 9.75. The van der Waals surface area contributed by atoms with Crippen molar-refractivity contribution in [3.63, 3.8) is 0 Å². The summed E-state index contributed by atoms with van der Waals surface area (Å²) in [6.45, 7) is 1.52. The number of imide groups is 1. The second-order valence-electron chi connectivity index (χ2n) is 7.94. The predicted molar refractivity (Wildman–Crippen MR) is 95.5 cm³/mol. The van der Waals surface area contributed by atoms with Crippen molar-refractivity contribution in [2.75, 3.05) is 6.61 Å². The summed E-state index contributed by atoms with van der Waals surface area (Å²) in [6.07, 6.45) is 9.32. The second-order valence-corrected chi connectivity index (χ2v) is 7.94. The molecule has 0 radical (unpaired) electrons. The zero-order valence-corrected chi connectivity index (χ0v) is 15.5. The lowest BCUT2D eigenvalue weighted by molar-refractivity contribution is -0.134. The van der Waals surface area contributed by atoms with Gasteiger partial charge in [-0.1, -0.05) is 37.0 Å². The predicted octanol–water partition coefficient (Wildman–Crippen LogP) is 0.921. The van der Waals surface area contributed by atoms with Crippen molar-refractivity contribution >= 4 is 11.8 Å². The average molecular weight is 374 g/mol. The van der Waals surface area contributed by atoms with E-state index in [2.05, 4.69) is 15.6 Å². The van der Waals surface area contributed by atoms with Crippen LogP contribution >= 0.6 is 0 Å². The summed E-state index contributed by atoms with van der Waals surface area (Å²) in [6, 6.07) is -0.177. The fourth-order valence-electron chi connectivity index (χ4n) is 4.50. The summed E-state index contributed by atoms with van der Waals surface area (Å²) in [5.41, 5.74) is 1.48. The van der Waals surface area contributed by atoms with E-state index < -0.39 is 18.1 Å². The number of rotatable bonds is 5. The van der Waals surface area contributed by atoms with E-state index in [0.29, 0.717) is 17.9 Å². The number of amides is 2. The summed E-state index contributed by atoms with van der Waals surface area (Å²) in [5, 5.41) is 20.7. The molecule has 8 heteroatoms. The van der Waals surface area contributed by atoms with Crippen molar-refractivity contribution in [3.8, 4) is 0 Å². The molecule has 3 aliphatic rings. The Balaban J connectivity index is 1.48. The van der Waals surface area contributed by atoms with Crippen LogP contribution in [-0.2, 0) is 20.7 Å². The van der Waals surface area contributed by atoms with Gasteiger partial charge in [0.2, 0.25) is 5.91 Å². The number of nitrogens with zero attached hydrogens (tertiary/aromatic N) is 3. The van der Waals surface area contributed by atoms with Crippen LogP contribution in [0.15, 0.2) is 17.8 Å². The standard InChI is InChI=1S/C19H26N4O4/c1-11-6-14(19(26)20-18(11)25)16-8-15(17(10-24)27-16)23-9-13(21-22-23)7-12-4-2-3-5-12/h6,9,12,14-17,24H,2-5,7-8,10H2,1H3,(H,20,25,26)/t14?,15-,16+,17+/m0/s1. The van der Waals surface area contributed by atoms with E-state index in [1.807, 2.05) is 6.20 Å². The van der Waals surface area contributed by atoms with Crippen LogP contribution in [0.25, 0.3) is 0 Å². The molecule has 27 heavy (non-hydrogen) atoms. The van der Waals surface area contributed by atoms with Gasteiger partial charge in [0.1, 0.15) is 6.10 Å². The topological polar surface area (TPSA) is 106 Å². The van der Waals surface area contributed by atoms with Crippen LogP contribution in [-0.4, -0.2) is 50.7 Å². The molecule has 8 nitrogen and oxygen atoms in total. The molecule has 2 amide bonds. The molecule has 4 atom stereocenters. The highest BCUT2D eigenvalue weighted by Gasteiger charge is 2.43. The van der Waals surface area contributed by atoms with Gasteiger partial charge in [0.15, 0.2) is 0 Å².